The Morgan fingerprint density at radius 1 is 1.19 bits per heavy atom. The number of ether oxygens (including phenoxy) is 1. The minimum Gasteiger partial charge on any atom is -0.497 e. The number of benzene rings is 1. The highest BCUT2D eigenvalue weighted by Gasteiger charge is 2.29. The van der Waals surface area contributed by atoms with Gasteiger partial charge in [-0.15, -0.1) is 0 Å². The number of aryl methyl sites for hydroxylation is 1. The van der Waals surface area contributed by atoms with Crippen molar-refractivity contribution >= 4 is 22.8 Å². The summed E-state index contributed by atoms with van der Waals surface area (Å²) in [4.78, 5) is 21.6. The quantitative estimate of drug-likeness (QED) is 0.512. The van der Waals surface area contributed by atoms with Crippen LogP contribution in [0.15, 0.2) is 24.3 Å². The molecule has 0 atom stereocenters. The zero-order valence-electron chi connectivity index (χ0n) is 18.6. The van der Waals surface area contributed by atoms with Gasteiger partial charge < -0.3 is 15.4 Å². The van der Waals surface area contributed by atoms with Gasteiger partial charge in [0.05, 0.1) is 23.9 Å². The Balaban J connectivity index is 1.60. The SMILES string of the molecule is COc1ccc(-n2nc(C)c3c(NCCNC(=O)CC(C)C)nc(C4CC4)nc32)cc1. The first kappa shape index (κ1) is 21.1. The molecule has 1 saturated carbocycles. The summed E-state index contributed by atoms with van der Waals surface area (Å²) in [6.07, 6.45) is 2.77. The molecular formula is C23H30N6O2. The van der Waals surface area contributed by atoms with Crippen molar-refractivity contribution in [3.05, 3.63) is 35.8 Å². The third-order valence-electron chi connectivity index (χ3n) is 5.31. The maximum Gasteiger partial charge on any atom is 0.220 e. The van der Waals surface area contributed by atoms with Crippen molar-refractivity contribution in [2.45, 2.75) is 46.0 Å². The topological polar surface area (TPSA) is 94.0 Å². The van der Waals surface area contributed by atoms with Gasteiger partial charge in [-0.05, 0) is 49.9 Å². The molecular weight excluding hydrogens is 392 g/mol. The lowest BCUT2D eigenvalue weighted by Gasteiger charge is -2.11. The molecule has 8 heteroatoms. The van der Waals surface area contributed by atoms with Crippen molar-refractivity contribution in [1.82, 2.24) is 25.1 Å². The molecule has 0 radical (unpaired) electrons. The van der Waals surface area contributed by atoms with Crippen molar-refractivity contribution < 1.29 is 9.53 Å². The van der Waals surface area contributed by atoms with Gasteiger partial charge in [0.15, 0.2) is 5.65 Å². The lowest BCUT2D eigenvalue weighted by atomic mass is 10.1. The van der Waals surface area contributed by atoms with Gasteiger partial charge in [-0.3, -0.25) is 4.79 Å². The predicted octanol–water partition coefficient (Wildman–Crippen LogP) is 3.58. The molecule has 1 aliphatic rings. The first-order valence-corrected chi connectivity index (χ1v) is 10.9. The van der Waals surface area contributed by atoms with Gasteiger partial charge in [0.2, 0.25) is 5.91 Å². The minimum absolute atomic E-state index is 0.0757. The van der Waals surface area contributed by atoms with E-state index < -0.39 is 0 Å². The molecule has 164 valence electrons. The minimum atomic E-state index is 0.0757. The van der Waals surface area contributed by atoms with Crippen LogP contribution in [0.4, 0.5) is 5.82 Å². The molecule has 0 spiro atoms. The highest BCUT2D eigenvalue weighted by molar-refractivity contribution is 5.90. The van der Waals surface area contributed by atoms with E-state index in [1.165, 1.54) is 0 Å². The van der Waals surface area contributed by atoms with E-state index in [-0.39, 0.29) is 5.91 Å². The number of amides is 1. The normalized spacial score (nSPS) is 13.6. The van der Waals surface area contributed by atoms with Crippen LogP contribution in [-0.4, -0.2) is 45.9 Å². The Morgan fingerprint density at radius 3 is 2.58 bits per heavy atom. The highest BCUT2D eigenvalue weighted by Crippen LogP contribution is 2.40. The summed E-state index contributed by atoms with van der Waals surface area (Å²) in [5.74, 6) is 3.27. The average molecular weight is 423 g/mol. The standard InChI is InChI=1S/C23H30N6O2/c1-14(2)13-19(30)24-11-12-25-22-20-15(3)28-29(17-7-9-18(31-4)10-8-17)23(20)27-21(26-22)16-5-6-16/h7-10,14,16H,5-6,11-13H2,1-4H3,(H,24,30)(H,25,26,27). The van der Waals surface area contributed by atoms with E-state index in [0.717, 1.165) is 52.6 Å². The molecule has 2 aromatic heterocycles. The van der Waals surface area contributed by atoms with Gasteiger partial charge in [0.25, 0.3) is 0 Å². The number of rotatable bonds is 9. The van der Waals surface area contributed by atoms with Crippen LogP contribution in [0.3, 0.4) is 0 Å². The fourth-order valence-corrected chi connectivity index (χ4v) is 3.58. The van der Waals surface area contributed by atoms with Crippen LogP contribution in [0.25, 0.3) is 16.7 Å². The Hall–Kier alpha value is -3.16. The lowest BCUT2D eigenvalue weighted by Crippen LogP contribution is -2.29. The van der Waals surface area contributed by atoms with Crippen molar-refractivity contribution in [1.29, 1.82) is 0 Å². The molecule has 1 aromatic carbocycles. The molecule has 31 heavy (non-hydrogen) atoms. The maximum atomic E-state index is 11.9. The number of anilines is 1. The largest absolute Gasteiger partial charge is 0.497 e. The monoisotopic (exact) mass is 422 g/mol. The van der Waals surface area contributed by atoms with E-state index in [9.17, 15) is 4.79 Å². The summed E-state index contributed by atoms with van der Waals surface area (Å²) in [6.45, 7) is 7.18. The summed E-state index contributed by atoms with van der Waals surface area (Å²) in [7, 11) is 1.65. The average Bonchev–Trinajstić information content (AvgIpc) is 3.54. The van der Waals surface area contributed by atoms with E-state index in [0.29, 0.717) is 31.3 Å². The Bertz CT molecular complexity index is 1070. The number of aromatic nitrogens is 4. The molecule has 1 fully saturated rings. The fourth-order valence-electron chi connectivity index (χ4n) is 3.58. The molecule has 2 heterocycles. The van der Waals surface area contributed by atoms with Crippen molar-refractivity contribution in [3.63, 3.8) is 0 Å². The van der Waals surface area contributed by atoms with Gasteiger partial charge in [-0.25, -0.2) is 14.6 Å². The van der Waals surface area contributed by atoms with Crippen LogP contribution >= 0.6 is 0 Å². The number of methoxy groups -OCH3 is 1. The van der Waals surface area contributed by atoms with Gasteiger partial charge in [0.1, 0.15) is 17.4 Å². The smallest absolute Gasteiger partial charge is 0.220 e. The van der Waals surface area contributed by atoms with E-state index >= 15 is 0 Å². The molecule has 0 bridgehead atoms. The number of nitrogens with zero attached hydrogens (tertiary/aromatic N) is 4. The van der Waals surface area contributed by atoms with Crippen LogP contribution in [0.5, 0.6) is 5.75 Å². The van der Waals surface area contributed by atoms with Crippen LogP contribution < -0.4 is 15.4 Å². The van der Waals surface area contributed by atoms with E-state index in [1.54, 1.807) is 7.11 Å². The van der Waals surface area contributed by atoms with Crippen LogP contribution in [0, 0.1) is 12.8 Å². The lowest BCUT2D eigenvalue weighted by molar-refractivity contribution is -0.121. The molecule has 0 aliphatic heterocycles. The van der Waals surface area contributed by atoms with Crippen molar-refractivity contribution in [2.75, 3.05) is 25.5 Å². The second-order valence-corrected chi connectivity index (χ2v) is 8.47. The van der Waals surface area contributed by atoms with Crippen molar-refractivity contribution in [2.24, 2.45) is 5.92 Å². The Labute approximate surface area is 182 Å². The second kappa shape index (κ2) is 8.91. The number of carbonyl (C=O) groups is 1. The molecule has 0 unspecified atom stereocenters. The first-order chi connectivity index (χ1) is 15.0. The summed E-state index contributed by atoms with van der Waals surface area (Å²) >= 11 is 0. The molecule has 1 aliphatic carbocycles. The highest BCUT2D eigenvalue weighted by atomic mass is 16.5. The summed E-state index contributed by atoms with van der Waals surface area (Å²) < 4.78 is 7.14. The van der Waals surface area contributed by atoms with E-state index in [1.807, 2.05) is 49.7 Å². The van der Waals surface area contributed by atoms with Crippen LogP contribution in [0.1, 0.15) is 50.5 Å². The van der Waals surface area contributed by atoms with E-state index in [2.05, 4.69) is 10.6 Å². The van der Waals surface area contributed by atoms with E-state index in [4.69, 9.17) is 19.8 Å². The molecule has 1 amide bonds. The zero-order valence-corrected chi connectivity index (χ0v) is 18.6. The van der Waals surface area contributed by atoms with Gasteiger partial charge >= 0.3 is 0 Å². The second-order valence-electron chi connectivity index (χ2n) is 8.47. The Morgan fingerprint density at radius 2 is 1.94 bits per heavy atom. The third-order valence-corrected chi connectivity index (χ3v) is 5.31. The Kier molecular flexibility index (Phi) is 6.06. The molecule has 0 saturated heterocycles. The third kappa shape index (κ3) is 4.78. The maximum absolute atomic E-state index is 11.9. The molecule has 3 aromatic rings. The van der Waals surface area contributed by atoms with Crippen molar-refractivity contribution in [3.8, 4) is 11.4 Å². The number of fused-ring (bicyclic) bond motifs is 1. The van der Waals surface area contributed by atoms with Crippen LogP contribution in [0.2, 0.25) is 0 Å². The first-order valence-electron chi connectivity index (χ1n) is 10.9. The van der Waals surface area contributed by atoms with Gasteiger partial charge in [-0.1, -0.05) is 13.8 Å². The van der Waals surface area contributed by atoms with Crippen LogP contribution in [-0.2, 0) is 4.79 Å². The number of nitrogens with one attached hydrogen (secondary N) is 2. The summed E-state index contributed by atoms with van der Waals surface area (Å²) in [5, 5.41) is 12.0. The predicted molar refractivity (Wildman–Crippen MR) is 121 cm³/mol. The number of hydrogen-bond donors (Lipinski definition) is 2. The zero-order chi connectivity index (χ0) is 22.0. The van der Waals surface area contributed by atoms with Gasteiger partial charge in [0, 0.05) is 25.4 Å². The summed E-state index contributed by atoms with van der Waals surface area (Å²) in [6, 6.07) is 7.78. The molecule has 2 N–H and O–H groups in total. The fraction of sp³-hybridized carbons (Fsp3) is 0.478. The molecule has 4 rings (SSSR count). The van der Waals surface area contributed by atoms with Gasteiger partial charge in [-0.2, -0.15) is 5.10 Å². The summed E-state index contributed by atoms with van der Waals surface area (Å²) in [5.41, 5.74) is 2.58. The molecule has 8 nitrogen and oxygen atoms in total. The number of hydrogen-bond acceptors (Lipinski definition) is 6. The number of carbonyl (C=O) groups excluding carboxylic acids is 1.